The molecule has 76 valence electrons. The molecule has 0 aliphatic carbocycles. The Morgan fingerprint density at radius 1 is 1.50 bits per heavy atom. The van der Waals surface area contributed by atoms with Crippen LogP contribution in [-0.4, -0.2) is 18.6 Å². The molecule has 0 radical (unpaired) electrons. The molecule has 0 aliphatic rings. The molecule has 5 heteroatoms. The standard InChI is InChI=1S/C9H11NO4/c1-3-14-9-5-4-7(13-2)6-8(9)10(11)12/h4-6H,3H2,1-2H3. The van der Waals surface area contributed by atoms with Gasteiger partial charge in [-0.3, -0.25) is 10.1 Å². The molecule has 0 aromatic heterocycles. The second-order valence-electron chi connectivity index (χ2n) is 2.52. The molecule has 1 aromatic carbocycles. The van der Waals surface area contributed by atoms with E-state index in [1.165, 1.54) is 19.2 Å². The monoisotopic (exact) mass is 197 g/mol. The van der Waals surface area contributed by atoms with E-state index < -0.39 is 4.92 Å². The minimum atomic E-state index is -0.493. The van der Waals surface area contributed by atoms with Crippen LogP contribution in [0.5, 0.6) is 11.5 Å². The first-order valence-corrected chi connectivity index (χ1v) is 4.14. The van der Waals surface area contributed by atoms with Crippen LogP contribution in [0.2, 0.25) is 0 Å². The third-order valence-electron chi connectivity index (χ3n) is 1.66. The second-order valence-corrected chi connectivity index (χ2v) is 2.52. The Kier molecular flexibility index (Phi) is 3.28. The summed E-state index contributed by atoms with van der Waals surface area (Å²) in [6.07, 6.45) is 0. The SMILES string of the molecule is CCOc1ccc(OC)cc1[N+](=O)[O-]. The van der Waals surface area contributed by atoms with Gasteiger partial charge in [0.2, 0.25) is 0 Å². The molecule has 0 bridgehead atoms. The maximum atomic E-state index is 10.6. The first-order valence-electron chi connectivity index (χ1n) is 4.14. The average molecular weight is 197 g/mol. The molecular weight excluding hydrogens is 186 g/mol. The molecule has 0 fully saturated rings. The number of nitro groups is 1. The van der Waals surface area contributed by atoms with Crippen molar-refractivity contribution in [2.45, 2.75) is 6.92 Å². The second kappa shape index (κ2) is 4.45. The van der Waals surface area contributed by atoms with Crippen LogP contribution in [0.4, 0.5) is 5.69 Å². The maximum Gasteiger partial charge on any atom is 0.314 e. The molecule has 14 heavy (non-hydrogen) atoms. The van der Waals surface area contributed by atoms with Crippen molar-refractivity contribution in [1.29, 1.82) is 0 Å². The number of ether oxygens (including phenoxy) is 2. The van der Waals surface area contributed by atoms with E-state index in [1.807, 2.05) is 0 Å². The highest BCUT2D eigenvalue weighted by molar-refractivity contribution is 5.50. The van der Waals surface area contributed by atoms with Gasteiger partial charge in [0.05, 0.1) is 24.7 Å². The quantitative estimate of drug-likeness (QED) is 0.547. The van der Waals surface area contributed by atoms with Gasteiger partial charge in [-0.05, 0) is 19.1 Å². The summed E-state index contributed by atoms with van der Waals surface area (Å²) in [5.74, 6) is 0.707. The Labute approximate surface area is 81.4 Å². The first-order chi connectivity index (χ1) is 6.69. The molecule has 0 atom stereocenters. The largest absolute Gasteiger partial charge is 0.496 e. The van der Waals surface area contributed by atoms with Gasteiger partial charge in [-0.25, -0.2) is 0 Å². The summed E-state index contributed by atoms with van der Waals surface area (Å²) < 4.78 is 9.98. The van der Waals surface area contributed by atoms with Crippen molar-refractivity contribution in [2.24, 2.45) is 0 Å². The van der Waals surface area contributed by atoms with Gasteiger partial charge in [-0.1, -0.05) is 0 Å². The van der Waals surface area contributed by atoms with Crippen LogP contribution in [0.1, 0.15) is 6.92 Å². The number of nitrogens with zero attached hydrogens (tertiary/aromatic N) is 1. The number of hydrogen-bond donors (Lipinski definition) is 0. The van der Waals surface area contributed by atoms with Crippen LogP contribution in [-0.2, 0) is 0 Å². The topological polar surface area (TPSA) is 61.6 Å². The Bertz CT molecular complexity index is 338. The molecule has 0 unspecified atom stereocenters. The van der Waals surface area contributed by atoms with Crippen molar-refractivity contribution < 1.29 is 14.4 Å². The van der Waals surface area contributed by atoms with Crippen molar-refractivity contribution >= 4 is 5.69 Å². The molecule has 0 N–H and O–H groups in total. The lowest BCUT2D eigenvalue weighted by Crippen LogP contribution is -1.97. The highest BCUT2D eigenvalue weighted by atomic mass is 16.6. The van der Waals surface area contributed by atoms with Crippen molar-refractivity contribution in [2.75, 3.05) is 13.7 Å². The third kappa shape index (κ3) is 2.12. The molecular formula is C9H11NO4. The number of nitro benzene ring substituents is 1. The molecule has 5 nitrogen and oxygen atoms in total. The summed E-state index contributed by atoms with van der Waals surface area (Å²) in [7, 11) is 1.46. The van der Waals surface area contributed by atoms with E-state index in [4.69, 9.17) is 9.47 Å². The fourth-order valence-corrected chi connectivity index (χ4v) is 1.04. The lowest BCUT2D eigenvalue weighted by Gasteiger charge is -2.05. The van der Waals surface area contributed by atoms with Crippen LogP contribution < -0.4 is 9.47 Å². The number of methoxy groups -OCH3 is 1. The van der Waals surface area contributed by atoms with Crippen molar-refractivity contribution in [3.63, 3.8) is 0 Å². The van der Waals surface area contributed by atoms with Gasteiger partial charge in [0, 0.05) is 0 Å². The molecule has 0 aliphatic heterocycles. The van der Waals surface area contributed by atoms with Gasteiger partial charge in [0.25, 0.3) is 0 Å². The smallest absolute Gasteiger partial charge is 0.314 e. The minimum Gasteiger partial charge on any atom is -0.496 e. The highest BCUT2D eigenvalue weighted by Crippen LogP contribution is 2.30. The fourth-order valence-electron chi connectivity index (χ4n) is 1.04. The minimum absolute atomic E-state index is 0.0776. The van der Waals surface area contributed by atoms with Gasteiger partial charge in [0.1, 0.15) is 5.75 Å². The molecule has 1 rings (SSSR count). The van der Waals surface area contributed by atoms with Crippen LogP contribution in [0.15, 0.2) is 18.2 Å². The van der Waals surface area contributed by atoms with Crippen molar-refractivity contribution in [3.8, 4) is 11.5 Å². The zero-order valence-electron chi connectivity index (χ0n) is 8.02. The molecule has 0 saturated heterocycles. The molecule has 0 saturated carbocycles. The van der Waals surface area contributed by atoms with E-state index in [9.17, 15) is 10.1 Å². The van der Waals surface area contributed by atoms with E-state index in [1.54, 1.807) is 13.0 Å². The van der Waals surface area contributed by atoms with Crippen LogP contribution >= 0.6 is 0 Å². The lowest BCUT2D eigenvalue weighted by molar-refractivity contribution is -0.385. The Hall–Kier alpha value is -1.78. The molecule has 0 heterocycles. The number of hydrogen-bond acceptors (Lipinski definition) is 4. The fraction of sp³-hybridized carbons (Fsp3) is 0.333. The summed E-state index contributed by atoms with van der Waals surface area (Å²) >= 11 is 0. The van der Waals surface area contributed by atoms with Gasteiger partial charge >= 0.3 is 5.69 Å². The van der Waals surface area contributed by atoms with Crippen molar-refractivity contribution in [3.05, 3.63) is 28.3 Å². The zero-order chi connectivity index (χ0) is 10.6. The Morgan fingerprint density at radius 3 is 2.71 bits per heavy atom. The molecule has 1 aromatic rings. The predicted octanol–water partition coefficient (Wildman–Crippen LogP) is 2.00. The number of benzene rings is 1. The van der Waals surface area contributed by atoms with E-state index in [2.05, 4.69) is 0 Å². The first kappa shape index (κ1) is 10.3. The van der Waals surface area contributed by atoms with E-state index >= 15 is 0 Å². The third-order valence-corrected chi connectivity index (χ3v) is 1.66. The van der Waals surface area contributed by atoms with Gasteiger partial charge in [-0.15, -0.1) is 0 Å². The van der Waals surface area contributed by atoms with E-state index in [0.29, 0.717) is 12.4 Å². The Morgan fingerprint density at radius 2 is 2.21 bits per heavy atom. The van der Waals surface area contributed by atoms with E-state index in [-0.39, 0.29) is 11.4 Å². The number of rotatable bonds is 4. The average Bonchev–Trinajstić information content (AvgIpc) is 2.18. The van der Waals surface area contributed by atoms with Crippen molar-refractivity contribution in [1.82, 2.24) is 0 Å². The van der Waals surface area contributed by atoms with E-state index in [0.717, 1.165) is 0 Å². The highest BCUT2D eigenvalue weighted by Gasteiger charge is 2.15. The van der Waals surface area contributed by atoms with Gasteiger partial charge < -0.3 is 9.47 Å². The summed E-state index contributed by atoms with van der Waals surface area (Å²) in [5, 5.41) is 10.6. The molecule has 0 amide bonds. The molecule has 0 spiro atoms. The lowest BCUT2D eigenvalue weighted by atomic mass is 10.3. The normalized spacial score (nSPS) is 9.57. The van der Waals surface area contributed by atoms with Crippen LogP contribution in [0, 0.1) is 10.1 Å². The predicted molar refractivity (Wildman–Crippen MR) is 50.8 cm³/mol. The Balaban J connectivity index is 3.10. The maximum absolute atomic E-state index is 10.6. The zero-order valence-corrected chi connectivity index (χ0v) is 8.02. The summed E-state index contributed by atoms with van der Waals surface area (Å²) in [6, 6.07) is 4.49. The van der Waals surface area contributed by atoms with Gasteiger partial charge in [-0.2, -0.15) is 0 Å². The van der Waals surface area contributed by atoms with Crippen LogP contribution in [0.25, 0.3) is 0 Å². The summed E-state index contributed by atoms with van der Waals surface area (Å²) in [4.78, 5) is 10.1. The summed E-state index contributed by atoms with van der Waals surface area (Å²) in [6.45, 7) is 2.17. The summed E-state index contributed by atoms with van der Waals surface area (Å²) in [5.41, 5.74) is -0.0776. The van der Waals surface area contributed by atoms with Crippen LogP contribution in [0.3, 0.4) is 0 Å². The van der Waals surface area contributed by atoms with Gasteiger partial charge in [0.15, 0.2) is 5.75 Å².